The van der Waals surface area contributed by atoms with Crippen molar-refractivity contribution < 1.29 is 14.3 Å². The minimum atomic E-state index is -0.553. The summed E-state index contributed by atoms with van der Waals surface area (Å²) in [6.07, 6.45) is 5.89. The third-order valence-electron chi connectivity index (χ3n) is 4.76. The number of nitrogens with zero attached hydrogens (tertiary/aromatic N) is 1. The van der Waals surface area contributed by atoms with Gasteiger partial charge in [0, 0.05) is 11.9 Å². The topological polar surface area (TPSA) is 101 Å². The molecule has 138 valence electrons. The van der Waals surface area contributed by atoms with Crippen molar-refractivity contribution >= 4 is 22.6 Å². The molecular weight excluding hydrogens is 334 g/mol. The maximum atomic E-state index is 12.0. The molecule has 1 heterocycles. The Morgan fingerprint density at radius 1 is 1.15 bits per heavy atom. The van der Waals surface area contributed by atoms with Crippen LogP contribution < -0.4 is 10.9 Å². The van der Waals surface area contributed by atoms with Crippen LogP contribution in [0.1, 0.15) is 37.8 Å². The Balaban J connectivity index is 1.49. The molecule has 0 bridgehead atoms. The first kappa shape index (κ1) is 18.1. The number of H-pyrrole nitrogens is 1. The Bertz CT molecular complexity index is 840. The SMILES string of the molecule is O=C(COC(=O)Cc1n[nH]c(=O)c2ccccc12)NCC1CCCCC1. The Hall–Kier alpha value is -2.70. The molecule has 1 aliphatic rings. The van der Waals surface area contributed by atoms with Crippen molar-refractivity contribution in [2.45, 2.75) is 38.5 Å². The van der Waals surface area contributed by atoms with E-state index in [9.17, 15) is 14.4 Å². The van der Waals surface area contributed by atoms with Crippen molar-refractivity contribution in [1.29, 1.82) is 0 Å². The van der Waals surface area contributed by atoms with Crippen molar-refractivity contribution in [1.82, 2.24) is 15.5 Å². The summed E-state index contributed by atoms with van der Waals surface area (Å²) in [4.78, 5) is 35.6. The highest BCUT2D eigenvalue weighted by atomic mass is 16.5. The summed E-state index contributed by atoms with van der Waals surface area (Å²) in [5, 5.41) is 10.2. The number of hydrogen-bond donors (Lipinski definition) is 2. The van der Waals surface area contributed by atoms with Crippen molar-refractivity contribution in [3.63, 3.8) is 0 Å². The summed E-state index contributed by atoms with van der Waals surface area (Å²) in [6, 6.07) is 6.92. The quantitative estimate of drug-likeness (QED) is 0.767. The first-order valence-electron chi connectivity index (χ1n) is 9.02. The Labute approximate surface area is 151 Å². The highest BCUT2D eigenvalue weighted by molar-refractivity contribution is 5.87. The van der Waals surface area contributed by atoms with E-state index >= 15 is 0 Å². The number of aromatic amines is 1. The number of carbonyl (C=O) groups is 2. The zero-order chi connectivity index (χ0) is 18.4. The van der Waals surface area contributed by atoms with Crippen LogP contribution in [0.4, 0.5) is 0 Å². The molecule has 1 saturated carbocycles. The van der Waals surface area contributed by atoms with Crippen LogP contribution in [0, 0.1) is 5.92 Å². The van der Waals surface area contributed by atoms with Gasteiger partial charge in [-0.05, 0) is 24.8 Å². The van der Waals surface area contributed by atoms with Crippen LogP contribution in [0.25, 0.3) is 10.8 Å². The van der Waals surface area contributed by atoms with Gasteiger partial charge in [-0.2, -0.15) is 5.10 Å². The van der Waals surface area contributed by atoms with Gasteiger partial charge in [-0.25, -0.2) is 5.10 Å². The Kier molecular flexibility index (Phi) is 5.99. The van der Waals surface area contributed by atoms with Crippen LogP contribution in [-0.2, 0) is 20.7 Å². The lowest BCUT2D eigenvalue weighted by atomic mass is 9.89. The largest absolute Gasteiger partial charge is 0.455 e. The van der Waals surface area contributed by atoms with Crippen molar-refractivity contribution in [2.24, 2.45) is 5.92 Å². The highest BCUT2D eigenvalue weighted by Gasteiger charge is 2.16. The van der Waals surface area contributed by atoms with Crippen LogP contribution >= 0.6 is 0 Å². The summed E-state index contributed by atoms with van der Waals surface area (Å²) in [7, 11) is 0. The molecule has 1 aliphatic carbocycles. The lowest BCUT2D eigenvalue weighted by Crippen LogP contribution is -2.33. The predicted molar refractivity (Wildman–Crippen MR) is 96.6 cm³/mol. The number of ether oxygens (including phenoxy) is 1. The Morgan fingerprint density at radius 2 is 1.88 bits per heavy atom. The molecule has 2 N–H and O–H groups in total. The van der Waals surface area contributed by atoms with E-state index in [0.29, 0.717) is 28.9 Å². The molecule has 1 fully saturated rings. The van der Waals surface area contributed by atoms with E-state index in [0.717, 1.165) is 12.8 Å². The minimum Gasteiger partial charge on any atom is -0.455 e. The van der Waals surface area contributed by atoms with Crippen LogP contribution in [0.15, 0.2) is 29.1 Å². The second-order valence-corrected chi connectivity index (χ2v) is 6.69. The second kappa shape index (κ2) is 8.60. The molecule has 0 atom stereocenters. The molecule has 0 saturated heterocycles. The van der Waals surface area contributed by atoms with Crippen LogP contribution in [0.5, 0.6) is 0 Å². The van der Waals surface area contributed by atoms with Gasteiger partial charge in [0.25, 0.3) is 11.5 Å². The van der Waals surface area contributed by atoms with Gasteiger partial charge in [0.1, 0.15) is 0 Å². The van der Waals surface area contributed by atoms with E-state index in [2.05, 4.69) is 15.5 Å². The average molecular weight is 357 g/mol. The fourth-order valence-corrected chi connectivity index (χ4v) is 3.34. The maximum absolute atomic E-state index is 12.0. The first-order chi connectivity index (χ1) is 12.6. The standard InChI is InChI=1S/C19H23N3O4/c23-17(20-11-13-6-2-1-3-7-13)12-26-18(24)10-16-14-8-4-5-9-15(14)19(25)22-21-16/h4-5,8-9,13H,1-3,6-7,10-12H2,(H,20,23)(H,22,25). The minimum absolute atomic E-state index is 0.104. The zero-order valence-corrected chi connectivity index (χ0v) is 14.6. The normalized spacial score (nSPS) is 14.9. The number of amides is 1. The van der Waals surface area contributed by atoms with E-state index in [-0.39, 0.29) is 24.5 Å². The molecule has 0 radical (unpaired) electrons. The lowest BCUT2D eigenvalue weighted by molar-refractivity contribution is -0.148. The second-order valence-electron chi connectivity index (χ2n) is 6.69. The van der Waals surface area contributed by atoms with Gasteiger partial charge in [0.15, 0.2) is 6.61 Å². The molecule has 1 aromatic carbocycles. The number of carbonyl (C=O) groups excluding carboxylic acids is 2. The zero-order valence-electron chi connectivity index (χ0n) is 14.6. The van der Waals surface area contributed by atoms with Gasteiger partial charge in [0.2, 0.25) is 0 Å². The number of hydrogen-bond acceptors (Lipinski definition) is 5. The summed E-state index contributed by atoms with van der Waals surface area (Å²) < 4.78 is 5.04. The number of nitrogens with one attached hydrogen (secondary N) is 2. The van der Waals surface area contributed by atoms with Crippen LogP contribution in [0.2, 0.25) is 0 Å². The summed E-state index contributed by atoms with van der Waals surface area (Å²) in [5.41, 5.74) is 0.118. The molecule has 1 amide bonds. The van der Waals surface area contributed by atoms with Gasteiger partial charge in [0.05, 0.1) is 17.5 Å². The van der Waals surface area contributed by atoms with E-state index in [1.807, 2.05) is 0 Å². The van der Waals surface area contributed by atoms with E-state index < -0.39 is 5.97 Å². The summed E-state index contributed by atoms with van der Waals surface area (Å²) in [5.74, 6) is -0.314. The third kappa shape index (κ3) is 4.68. The smallest absolute Gasteiger partial charge is 0.312 e. The number of fused-ring (bicyclic) bond motifs is 1. The van der Waals surface area contributed by atoms with Crippen molar-refractivity contribution in [3.8, 4) is 0 Å². The molecule has 3 rings (SSSR count). The number of aromatic nitrogens is 2. The molecule has 0 spiro atoms. The van der Waals surface area contributed by atoms with Gasteiger partial charge in [-0.15, -0.1) is 0 Å². The average Bonchev–Trinajstić information content (AvgIpc) is 2.68. The molecule has 2 aromatic rings. The molecule has 0 unspecified atom stereocenters. The highest BCUT2D eigenvalue weighted by Crippen LogP contribution is 2.22. The number of benzene rings is 1. The first-order valence-corrected chi connectivity index (χ1v) is 9.02. The maximum Gasteiger partial charge on any atom is 0.312 e. The van der Waals surface area contributed by atoms with E-state index in [1.54, 1.807) is 24.3 Å². The van der Waals surface area contributed by atoms with Gasteiger partial charge in [-0.3, -0.25) is 14.4 Å². The molecule has 7 nitrogen and oxygen atoms in total. The fourth-order valence-electron chi connectivity index (χ4n) is 3.34. The van der Waals surface area contributed by atoms with E-state index in [4.69, 9.17) is 4.74 Å². The number of esters is 1. The van der Waals surface area contributed by atoms with Crippen molar-refractivity contribution in [3.05, 3.63) is 40.3 Å². The van der Waals surface area contributed by atoms with Gasteiger partial charge in [-0.1, -0.05) is 37.5 Å². The monoisotopic (exact) mass is 357 g/mol. The molecule has 26 heavy (non-hydrogen) atoms. The molecule has 1 aromatic heterocycles. The number of rotatable bonds is 6. The molecular formula is C19H23N3O4. The third-order valence-corrected chi connectivity index (χ3v) is 4.76. The van der Waals surface area contributed by atoms with E-state index in [1.165, 1.54) is 19.3 Å². The summed E-state index contributed by atoms with van der Waals surface area (Å²) >= 11 is 0. The van der Waals surface area contributed by atoms with Gasteiger partial charge >= 0.3 is 5.97 Å². The fraction of sp³-hybridized carbons (Fsp3) is 0.474. The van der Waals surface area contributed by atoms with Gasteiger partial charge < -0.3 is 10.1 Å². The predicted octanol–water partition coefficient (Wildman–Crippen LogP) is 1.71. The lowest BCUT2D eigenvalue weighted by Gasteiger charge is -2.21. The van der Waals surface area contributed by atoms with Crippen LogP contribution in [-0.4, -0.2) is 35.2 Å². The Morgan fingerprint density at radius 3 is 2.65 bits per heavy atom. The van der Waals surface area contributed by atoms with Crippen LogP contribution in [0.3, 0.4) is 0 Å². The van der Waals surface area contributed by atoms with Crippen molar-refractivity contribution in [2.75, 3.05) is 13.2 Å². The summed E-state index contributed by atoms with van der Waals surface area (Å²) in [6.45, 7) is 0.343. The molecule has 0 aliphatic heterocycles. The molecule has 7 heteroatoms.